The maximum absolute atomic E-state index is 13.5. The number of para-hydroxylation sites is 1. The molecule has 21 heavy (non-hydrogen) atoms. The Morgan fingerprint density at radius 3 is 2.76 bits per heavy atom. The van der Waals surface area contributed by atoms with Gasteiger partial charge in [0.1, 0.15) is 17.2 Å². The summed E-state index contributed by atoms with van der Waals surface area (Å²) in [7, 11) is 0. The van der Waals surface area contributed by atoms with Crippen LogP contribution in [-0.2, 0) is 0 Å². The van der Waals surface area contributed by atoms with E-state index in [1.165, 1.54) is 12.1 Å². The van der Waals surface area contributed by atoms with Crippen molar-refractivity contribution in [3.05, 3.63) is 58.9 Å². The molecule has 2 aromatic carbocycles. The molecular weight excluding hydrogens is 289 g/mol. The van der Waals surface area contributed by atoms with Gasteiger partial charge in [0.2, 0.25) is 0 Å². The van der Waals surface area contributed by atoms with Crippen LogP contribution in [0.4, 0.5) is 10.1 Å². The molecule has 1 unspecified atom stereocenters. The molecule has 110 valence electrons. The average molecular weight is 306 g/mol. The Labute approximate surface area is 128 Å². The summed E-state index contributed by atoms with van der Waals surface area (Å²) in [6, 6.07) is 12.5. The largest absolute Gasteiger partial charge is 0.487 e. The first-order valence-corrected chi connectivity index (χ1v) is 7.31. The highest BCUT2D eigenvalue weighted by Crippen LogP contribution is 2.41. The first-order chi connectivity index (χ1) is 9.93. The van der Waals surface area contributed by atoms with Gasteiger partial charge in [0.05, 0.1) is 6.04 Å². The van der Waals surface area contributed by atoms with Gasteiger partial charge in [0, 0.05) is 22.7 Å². The number of halogens is 2. The van der Waals surface area contributed by atoms with Gasteiger partial charge in [-0.05, 0) is 38.1 Å². The third-order valence-electron chi connectivity index (χ3n) is 3.58. The number of hydrogen-bond donors (Lipinski definition) is 1. The zero-order valence-electron chi connectivity index (χ0n) is 12.0. The normalized spacial score (nSPS) is 19.5. The Hall–Kier alpha value is -1.74. The van der Waals surface area contributed by atoms with Crippen molar-refractivity contribution in [2.75, 3.05) is 5.32 Å². The van der Waals surface area contributed by atoms with Gasteiger partial charge in [-0.1, -0.05) is 29.8 Å². The SMILES string of the molecule is CC1(C)CC(Nc2cc(F)cc(Cl)c2)c2ccccc2O1. The molecule has 0 amide bonds. The fourth-order valence-corrected chi connectivity index (χ4v) is 2.99. The molecule has 4 heteroatoms. The van der Waals surface area contributed by atoms with Gasteiger partial charge in [0.15, 0.2) is 0 Å². The van der Waals surface area contributed by atoms with Crippen LogP contribution in [0.15, 0.2) is 42.5 Å². The summed E-state index contributed by atoms with van der Waals surface area (Å²) in [5.41, 5.74) is 1.48. The summed E-state index contributed by atoms with van der Waals surface area (Å²) in [5, 5.41) is 3.76. The number of ether oxygens (including phenoxy) is 1. The maximum Gasteiger partial charge on any atom is 0.126 e. The maximum atomic E-state index is 13.5. The molecule has 2 nitrogen and oxygen atoms in total. The molecular formula is C17H17ClFNO. The fourth-order valence-electron chi connectivity index (χ4n) is 2.77. The van der Waals surface area contributed by atoms with Gasteiger partial charge in [-0.15, -0.1) is 0 Å². The highest BCUT2D eigenvalue weighted by molar-refractivity contribution is 6.30. The van der Waals surface area contributed by atoms with Crippen molar-refractivity contribution in [2.24, 2.45) is 0 Å². The van der Waals surface area contributed by atoms with Crippen molar-refractivity contribution in [1.29, 1.82) is 0 Å². The van der Waals surface area contributed by atoms with Crippen molar-refractivity contribution in [1.82, 2.24) is 0 Å². The predicted molar refractivity (Wildman–Crippen MR) is 83.5 cm³/mol. The molecule has 1 heterocycles. The van der Waals surface area contributed by atoms with Gasteiger partial charge in [0.25, 0.3) is 0 Å². The summed E-state index contributed by atoms with van der Waals surface area (Å²) < 4.78 is 19.5. The van der Waals surface area contributed by atoms with Crippen LogP contribution >= 0.6 is 11.6 Å². The molecule has 1 aliphatic rings. The van der Waals surface area contributed by atoms with Crippen molar-refractivity contribution < 1.29 is 9.13 Å². The standard InChI is InChI=1S/C17H17ClFNO/c1-17(2)10-15(14-5-3-4-6-16(14)21-17)20-13-8-11(18)7-12(19)9-13/h3-9,15,20H,10H2,1-2H3. The minimum atomic E-state index is -0.343. The van der Waals surface area contributed by atoms with Crippen LogP contribution in [0.1, 0.15) is 31.9 Å². The second kappa shape index (κ2) is 5.23. The molecule has 1 aliphatic heterocycles. The molecule has 2 aromatic rings. The molecule has 0 saturated heterocycles. The van der Waals surface area contributed by atoms with Crippen molar-refractivity contribution in [3.8, 4) is 5.75 Å². The Balaban J connectivity index is 1.94. The van der Waals surface area contributed by atoms with Crippen molar-refractivity contribution in [3.63, 3.8) is 0 Å². The van der Waals surface area contributed by atoms with E-state index < -0.39 is 0 Å². The lowest BCUT2D eigenvalue weighted by Gasteiger charge is -2.38. The predicted octanol–water partition coefficient (Wildman–Crippen LogP) is 5.19. The molecule has 0 saturated carbocycles. The third-order valence-corrected chi connectivity index (χ3v) is 3.80. The van der Waals surface area contributed by atoms with E-state index in [-0.39, 0.29) is 17.5 Å². The summed E-state index contributed by atoms with van der Waals surface area (Å²) in [5.74, 6) is 0.526. The number of benzene rings is 2. The first-order valence-electron chi connectivity index (χ1n) is 6.93. The van der Waals surface area contributed by atoms with Gasteiger partial charge >= 0.3 is 0 Å². The van der Waals surface area contributed by atoms with E-state index in [0.29, 0.717) is 10.7 Å². The van der Waals surface area contributed by atoms with Gasteiger partial charge in [-0.2, -0.15) is 0 Å². The lowest BCUT2D eigenvalue weighted by atomic mass is 9.89. The number of hydrogen-bond acceptors (Lipinski definition) is 2. The molecule has 0 radical (unpaired) electrons. The van der Waals surface area contributed by atoms with E-state index in [4.69, 9.17) is 16.3 Å². The van der Waals surface area contributed by atoms with Crippen LogP contribution in [0.25, 0.3) is 0 Å². The lowest BCUT2D eigenvalue weighted by molar-refractivity contribution is 0.0759. The smallest absolute Gasteiger partial charge is 0.126 e. The van der Waals surface area contributed by atoms with Gasteiger partial charge < -0.3 is 10.1 Å². The molecule has 0 spiro atoms. The van der Waals surface area contributed by atoms with E-state index in [1.54, 1.807) is 6.07 Å². The molecule has 0 aromatic heterocycles. The summed E-state index contributed by atoms with van der Waals surface area (Å²) in [4.78, 5) is 0. The average Bonchev–Trinajstić information content (AvgIpc) is 2.36. The van der Waals surface area contributed by atoms with E-state index in [9.17, 15) is 4.39 Å². The highest BCUT2D eigenvalue weighted by Gasteiger charge is 2.33. The quantitative estimate of drug-likeness (QED) is 0.824. The van der Waals surface area contributed by atoms with Crippen LogP contribution in [0.5, 0.6) is 5.75 Å². The Bertz CT molecular complexity index is 651. The van der Waals surface area contributed by atoms with Crippen LogP contribution in [0.3, 0.4) is 0 Å². The third kappa shape index (κ3) is 3.13. The fraction of sp³-hybridized carbons (Fsp3) is 0.294. The molecule has 1 atom stereocenters. The Morgan fingerprint density at radius 1 is 1.24 bits per heavy atom. The van der Waals surface area contributed by atoms with E-state index >= 15 is 0 Å². The summed E-state index contributed by atoms with van der Waals surface area (Å²) >= 11 is 5.92. The summed E-state index contributed by atoms with van der Waals surface area (Å²) in [6.45, 7) is 4.10. The Kier molecular flexibility index (Phi) is 3.54. The summed E-state index contributed by atoms with van der Waals surface area (Å²) in [6.07, 6.45) is 0.790. The number of anilines is 1. The molecule has 0 aliphatic carbocycles. The molecule has 3 rings (SSSR count). The van der Waals surface area contributed by atoms with E-state index in [2.05, 4.69) is 19.2 Å². The highest BCUT2D eigenvalue weighted by atomic mass is 35.5. The number of rotatable bonds is 2. The monoisotopic (exact) mass is 305 g/mol. The number of nitrogens with one attached hydrogen (secondary N) is 1. The first kappa shape index (κ1) is 14.2. The Morgan fingerprint density at radius 2 is 2.00 bits per heavy atom. The van der Waals surface area contributed by atoms with Gasteiger partial charge in [-0.3, -0.25) is 0 Å². The molecule has 1 N–H and O–H groups in total. The van der Waals surface area contributed by atoms with Crippen molar-refractivity contribution in [2.45, 2.75) is 31.9 Å². The topological polar surface area (TPSA) is 21.3 Å². The van der Waals surface area contributed by atoms with Crippen LogP contribution < -0.4 is 10.1 Å². The zero-order valence-corrected chi connectivity index (χ0v) is 12.7. The number of fused-ring (bicyclic) bond motifs is 1. The molecule has 0 bridgehead atoms. The van der Waals surface area contributed by atoms with Crippen molar-refractivity contribution >= 4 is 17.3 Å². The zero-order chi connectivity index (χ0) is 15.0. The second-order valence-electron chi connectivity index (χ2n) is 5.96. The van der Waals surface area contributed by atoms with Crippen LogP contribution in [0, 0.1) is 5.82 Å². The van der Waals surface area contributed by atoms with Crippen LogP contribution in [-0.4, -0.2) is 5.60 Å². The minimum Gasteiger partial charge on any atom is -0.487 e. The van der Waals surface area contributed by atoms with Gasteiger partial charge in [-0.25, -0.2) is 4.39 Å². The van der Waals surface area contributed by atoms with E-state index in [1.807, 2.05) is 24.3 Å². The van der Waals surface area contributed by atoms with Crippen LogP contribution in [0.2, 0.25) is 5.02 Å². The van der Waals surface area contributed by atoms with E-state index in [0.717, 1.165) is 17.7 Å². The molecule has 0 fully saturated rings. The lowest BCUT2D eigenvalue weighted by Crippen LogP contribution is -2.37. The second-order valence-corrected chi connectivity index (χ2v) is 6.40. The minimum absolute atomic E-state index is 0.0582.